The average Bonchev–Trinajstić information content (AvgIpc) is 2.66. The van der Waals surface area contributed by atoms with Crippen LogP contribution < -0.4 is 5.32 Å². The van der Waals surface area contributed by atoms with Gasteiger partial charge in [0, 0.05) is 13.5 Å². The lowest BCUT2D eigenvalue weighted by Gasteiger charge is -2.21. The molecule has 2 aromatic rings. The number of anilines is 1. The molecule has 0 heterocycles. The van der Waals surface area contributed by atoms with E-state index in [9.17, 15) is 18.8 Å². The van der Waals surface area contributed by atoms with Crippen LogP contribution in [-0.2, 0) is 20.7 Å². The van der Waals surface area contributed by atoms with Gasteiger partial charge in [-0.2, -0.15) is 0 Å². The number of nitrogens with zero attached hydrogens (tertiary/aromatic N) is 1. The van der Waals surface area contributed by atoms with E-state index in [4.69, 9.17) is 4.74 Å². The van der Waals surface area contributed by atoms with Crippen LogP contribution in [0.15, 0.2) is 48.5 Å². The highest BCUT2D eigenvalue weighted by atomic mass is 19.1. The van der Waals surface area contributed by atoms with Crippen molar-refractivity contribution in [3.63, 3.8) is 0 Å². The summed E-state index contributed by atoms with van der Waals surface area (Å²) in [6, 6.07) is 12.5. The van der Waals surface area contributed by atoms with Crippen LogP contribution in [0.3, 0.4) is 0 Å². The third kappa shape index (κ3) is 6.19. The molecule has 1 N–H and O–H groups in total. The van der Waals surface area contributed by atoms with E-state index in [2.05, 4.69) is 5.32 Å². The molecule has 0 fully saturated rings. The molecule has 0 aromatic heterocycles. The van der Waals surface area contributed by atoms with Crippen molar-refractivity contribution in [3.8, 4) is 0 Å². The first-order chi connectivity index (χ1) is 13.4. The van der Waals surface area contributed by atoms with Crippen LogP contribution in [0.4, 0.5) is 10.1 Å². The smallest absolute Gasteiger partial charge is 0.340 e. The second-order valence-corrected chi connectivity index (χ2v) is 6.13. The molecule has 0 aliphatic heterocycles. The van der Waals surface area contributed by atoms with Crippen LogP contribution in [0.5, 0.6) is 0 Å². The van der Waals surface area contributed by atoms with E-state index in [-0.39, 0.29) is 30.4 Å². The van der Waals surface area contributed by atoms with E-state index >= 15 is 0 Å². The van der Waals surface area contributed by atoms with Crippen molar-refractivity contribution in [2.45, 2.75) is 20.3 Å². The number of carbonyl (C=O) groups excluding carboxylic acids is 3. The summed E-state index contributed by atoms with van der Waals surface area (Å²) >= 11 is 0. The van der Waals surface area contributed by atoms with Crippen molar-refractivity contribution in [2.75, 3.05) is 25.0 Å². The summed E-state index contributed by atoms with van der Waals surface area (Å²) in [4.78, 5) is 37.7. The molecule has 0 spiro atoms. The number of hydrogen-bond acceptors (Lipinski definition) is 4. The molecule has 6 nitrogen and oxygen atoms in total. The number of rotatable bonds is 8. The minimum Gasteiger partial charge on any atom is -0.462 e. The molecule has 2 amide bonds. The number of esters is 1. The van der Waals surface area contributed by atoms with Gasteiger partial charge in [0.25, 0.3) is 0 Å². The van der Waals surface area contributed by atoms with Crippen molar-refractivity contribution < 1.29 is 23.5 Å². The zero-order valence-corrected chi connectivity index (χ0v) is 15.9. The summed E-state index contributed by atoms with van der Waals surface area (Å²) < 4.78 is 18.0. The minimum absolute atomic E-state index is 0.159. The van der Waals surface area contributed by atoms with Crippen LogP contribution in [0.25, 0.3) is 0 Å². The number of benzene rings is 2. The number of halogens is 1. The SMILES string of the molecule is CCOC(=O)c1ccccc1NC(=O)CN(CCc1ccc(F)cc1)C(C)=O. The Bertz CT molecular complexity index is 837. The molecule has 0 aliphatic carbocycles. The van der Waals surface area contributed by atoms with Gasteiger partial charge in [-0.1, -0.05) is 24.3 Å². The van der Waals surface area contributed by atoms with E-state index in [1.54, 1.807) is 43.3 Å². The Morgan fingerprint density at radius 1 is 1.07 bits per heavy atom. The summed E-state index contributed by atoms with van der Waals surface area (Å²) in [5.41, 5.74) is 1.44. The van der Waals surface area contributed by atoms with Gasteiger partial charge in [-0.15, -0.1) is 0 Å². The van der Waals surface area contributed by atoms with Crippen LogP contribution >= 0.6 is 0 Å². The first-order valence-electron chi connectivity index (χ1n) is 8.96. The lowest BCUT2D eigenvalue weighted by atomic mass is 10.1. The molecule has 2 rings (SSSR count). The van der Waals surface area contributed by atoms with Crippen molar-refractivity contribution in [3.05, 3.63) is 65.5 Å². The van der Waals surface area contributed by atoms with Crippen molar-refractivity contribution in [1.82, 2.24) is 4.90 Å². The highest BCUT2D eigenvalue weighted by Gasteiger charge is 2.17. The summed E-state index contributed by atoms with van der Waals surface area (Å²) in [5.74, 6) is -1.54. The van der Waals surface area contributed by atoms with Gasteiger partial charge in [-0.25, -0.2) is 9.18 Å². The number of carbonyl (C=O) groups is 3. The molecule has 0 saturated heterocycles. The third-order valence-corrected chi connectivity index (χ3v) is 4.06. The molecular formula is C21H23FN2O4. The Morgan fingerprint density at radius 2 is 1.75 bits per heavy atom. The summed E-state index contributed by atoms with van der Waals surface area (Å²) in [5, 5.41) is 2.66. The fourth-order valence-electron chi connectivity index (χ4n) is 2.61. The van der Waals surface area contributed by atoms with Gasteiger partial charge >= 0.3 is 5.97 Å². The molecule has 0 aliphatic rings. The second-order valence-electron chi connectivity index (χ2n) is 6.13. The molecule has 28 heavy (non-hydrogen) atoms. The Balaban J connectivity index is 2.00. The number of hydrogen-bond donors (Lipinski definition) is 1. The topological polar surface area (TPSA) is 75.7 Å². The first kappa shape index (κ1) is 21.1. The highest BCUT2D eigenvalue weighted by molar-refractivity contribution is 6.02. The molecule has 7 heteroatoms. The molecule has 0 radical (unpaired) electrons. The minimum atomic E-state index is -0.530. The van der Waals surface area contributed by atoms with Gasteiger partial charge in [-0.3, -0.25) is 9.59 Å². The van der Waals surface area contributed by atoms with Gasteiger partial charge in [-0.05, 0) is 43.2 Å². The lowest BCUT2D eigenvalue weighted by Crippen LogP contribution is -2.38. The quantitative estimate of drug-likeness (QED) is 0.708. The fourth-order valence-corrected chi connectivity index (χ4v) is 2.61. The van der Waals surface area contributed by atoms with E-state index in [0.29, 0.717) is 18.7 Å². The monoisotopic (exact) mass is 386 g/mol. The molecule has 0 saturated carbocycles. The van der Waals surface area contributed by atoms with Crippen molar-refractivity contribution in [1.29, 1.82) is 0 Å². The van der Waals surface area contributed by atoms with E-state index in [0.717, 1.165) is 5.56 Å². The zero-order chi connectivity index (χ0) is 20.5. The summed E-state index contributed by atoms with van der Waals surface area (Å²) in [7, 11) is 0. The van der Waals surface area contributed by atoms with E-state index < -0.39 is 11.9 Å². The Morgan fingerprint density at radius 3 is 2.39 bits per heavy atom. The van der Waals surface area contributed by atoms with Gasteiger partial charge < -0.3 is 15.0 Å². The largest absolute Gasteiger partial charge is 0.462 e. The Hall–Kier alpha value is -3.22. The number of ether oxygens (including phenoxy) is 1. The molecule has 0 unspecified atom stereocenters. The standard InChI is InChI=1S/C21H23FN2O4/c1-3-28-21(27)18-6-4-5-7-19(18)23-20(26)14-24(15(2)25)13-12-16-8-10-17(22)11-9-16/h4-11H,3,12-14H2,1-2H3,(H,23,26). The van der Waals surface area contributed by atoms with Gasteiger partial charge in [0.05, 0.1) is 24.4 Å². The predicted molar refractivity (Wildman–Crippen MR) is 103 cm³/mol. The number of para-hydroxylation sites is 1. The fraction of sp³-hybridized carbons (Fsp3) is 0.286. The Labute approximate surface area is 163 Å². The van der Waals surface area contributed by atoms with Gasteiger partial charge in [0.1, 0.15) is 5.82 Å². The van der Waals surface area contributed by atoms with Crippen molar-refractivity contribution in [2.24, 2.45) is 0 Å². The maximum absolute atomic E-state index is 13.0. The van der Waals surface area contributed by atoms with Crippen LogP contribution in [0.1, 0.15) is 29.8 Å². The molecule has 2 aromatic carbocycles. The Kier molecular flexibility index (Phi) is 7.68. The average molecular weight is 386 g/mol. The molecular weight excluding hydrogens is 363 g/mol. The van der Waals surface area contributed by atoms with E-state index in [1.165, 1.54) is 24.0 Å². The predicted octanol–water partition coefficient (Wildman–Crippen LogP) is 3.03. The number of amides is 2. The molecule has 148 valence electrons. The normalized spacial score (nSPS) is 10.2. The molecule has 0 atom stereocenters. The van der Waals surface area contributed by atoms with Crippen LogP contribution in [0, 0.1) is 5.82 Å². The highest BCUT2D eigenvalue weighted by Crippen LogP contribution is 2.16. The lowest BCUT2D eigenvalue weighted by molar-refractivity contribution is -0.132. The summed E-state index contributed by atoms with van der Waals surface area (Å²) in [6.07, 6.45) is 0.493. The third-order valence-electron chi connectivity index (χ3n) is 4.06. The van der Waals surface area contributed by atoms with Crippen molar-refractivity contribution >= 4 is 23.5 Å². The zero-order valence-electron chi connectivity index (χ0n) is 15.9. The summed E-state index contributed by atoms with van der Waals surface area (Å²) in [6.45, 7) is 3.46. The van der Waals surface area contributed by atoms with E-state index in [1.807, 2.05) is 0 Å². The maximum Gasteiger partial charge on any atom is 0.340 e. The molecule has 0 bridgehead atoms. The second kappa shape index (κ2) is 10.2. The maximum atomic E-state index is 13.0. The van der Waals surface area contributed by atoms with Crippen LogP contribution in [-0.4, -0.2) is 42.4 Å². The first-order valence-corrected chi connectivity index (χ1v) is 8.96. The number of nitrogens with one attached hydrogen (secondary N) is 1. The van der Waals surface area contributed by atoms with Gasteiger partial charge in [0.2, 0.25) is 11.8 Å². The van der Waals surface area contributed by atoms with Crippen LogP contribution in [0.2, 0.25) is 0 Å². The van der Waals surface area contributed by atoms with Gasteiger partial charge in [0.15, 0.2) is 0 Å².